The van der Waals surface area contributed by atoms with Gasteiger partial charge in [0.05, 0.1) is 5.60 Å². The van der Waals surface area contributed by atoms with Crippen LogP contribution in [0.3, 0.4) is 0 Å². The molecule has 0 aromatic rings. The van der Waals surface area contributed by atoms with Crippen molar-refractivity contribution in [3.05, 3.63) is 0 Å². The first-order valence-corrected chi connectivity index (χ1v) is 8.98. The van der Waals surface area contributed by atoms with Gasteiger partial charge in [0.25, 0.3) is 0 Å². The third-order valence-corrected chi connectivity index (χ3v) is 4.94. The Morgan fingerprint density at radius 3 is 2.32 bits per heavy atom. The summed E-state index contributed by atoms with van der Waals surface area (Å²) in [6, 6.07) is 0.294. The van der Waals surface area contributed by atoms with E-state index in [1.165, 1.54) is 12.8 Å². The molecule has 0 spiro atoms. The Balaban J connectivity index is 2.03. The summed E-state index contributed by atoms with van der Waals surface area (Å²) < 4.78 is 5.59. The first kappa shape index (κ1) is 17.6. The quantitative estimate of drug-likeness (QED) is 0.790. The molecular weight excluding hydrogens is 278 g/mol. The smallest absolute Gasteiger partial charge is 0.410 e. The molecule has 2 aliphatic heterocycles. The maximum atomic E-state index is 12.5. The van der Waals surface area contributed by atoms with Gasteiger partial charge in [0.15, 0.2) is 0 Å². The zero-order valence-corrected chi connectivity index (χ0v) is 14.7. The Kier molecular flexibility index (Phi) is 5.41. The Bertz CT molecular complexity index is 374. The van der Waals surface area contributed by atoms with Gasteiger partial charge in [-0.05, 0) is 59.3 Å². The first-order chi connectivity index (χ1) is 10.2. The maximum absolute atomic E-state index is 12.5. The molecule has 1 amide bonds. The number of fused-ring (bicyclic) bond motifs is 2. The Hall–Kier alpha value is -0.770. The summed E-state index contributed by atoms with van der Waals surface area (Å²) in [5.41, 5.74) is -1.04. The number of hydrogen-bond acceptors (Lipinski definition) is 3. The number of carbonyl (C=O) groups is 1. The number of aliphatic hydroxyl groups is 1. The van der Waals surface area contributed by atoms with Crippen molar-refractivity contribution in [2.75, 3.05) is 0 Å². The molecule has 0 aliphatic carbocycles. The standard InChI is InChI=1S/C18H33NO3/c1-5-6-7-11-18(21)12-14-9-8-10-15(13-18)19(14)16(20)22-17(2,3)4/h14-15,21H,5-13H2,1-4H3. The van der Waals surface area contributed by atoms with Crippen LogP contribution in [0, 0.1) is 0 Å². The molecule has 22 heavy (non-hydrogen) atoms. The van der Waals surface area contributed by atoms with E-state index in [1.807, 2.05) is 25.7 Å². The average Bonchev–Trinajstić information content (AvgIpc) is 2.35. The van der Waals surface area contributed by atoms with Crippen LogP contribution in [0.25, 0.3) is 0 Å². The minimum Gasteiger partial charge on any atom is -0.444 e. The van der Waals surface area contributed by atoms with Crippen LogP contribution in [0.1, 0.15) is 85.5 Å². The maximum Gasteiger partial charge on any atom is 0.410 e. The number of rotatable bonds is 4. The number of carbonyl (C=O) groups excluding carboxylic acids is 1. The lowest BCUT2D eigenvalue weighted by Crippen LogP contribution is -2.60. The molecule has 2 saturated heterocycles. The van der Waals surface area contributed by atoms with Crippen LogP contribution in [0.2, 0.25) is 0 Å². The number of ether oxygens (including phenoxy) is 1. The Morgan fingerprint density at radius 2 is 1.82 bits per heavy atom. The summed E-state index contributed by atoms with van der Waals surface area (Å²) in [6.07, 6.45) is 8.67. The number of unbranched alkanes of at least 4 members (excludes halogenated alkanes) is 2. The Morgan fingerprint density at radius 1 is 1.23 bits per heavy atom. The SMILES string of the molecule is CCCCCC1(O)CC2CCCC(C1)N2C(=O)OC(C)(C)C. The van der Waals surface area contributed by atoms with Crippen LogP contribution < -0.4 is 0 Å². The molecule has 4 heteroatoms. The van der Waals surface area contributed by atoms with Crippen LogP contribution in [-0.4, -0.2) is 39.4 Å². The zero-order valence-electron chi connectivity index (χ0n) is 14.7. The largest absolute Gasteiger partial charge is 0.444 e. The van der Waals surface area contributed by atoms with Crippen molar-refractivity contribution in [3.63, 3.8) is 0 Å². The molecule has 2 rings (SSSR count). The van der Waals surface area contributed by atoms with Gasteiger partial charge < -0.3 is 14.7 Å². The molecule has 2 atom stereocenters. The van der Waals surface area contributed by atoms with Crippen molar-refractivity contribution >= 4 is 6.09 Å². The van der Waals surface area contributed by atoms with Gasteiger partial charge in [-0.15, -0.1) is 0 Å². The van der Waals surface area contributed by atoms with Gasteiger partial charge in [0.2, 0.25) is 0 Å². The molecule has 2 unspecified atom stereocenters. The highest BCUT2D eigenvalue weighted by Crippen LogP contribution is 2.42. The van der Waals surface area contributed by atoms with Crippen molar-refractivity contribution in [2.45, 2.75) is 109 Å². The monoisotopic (exact) mass is 311 g/mol. The Labute approximate surface area is 135 Å². The third-order valence-electron chi connectivity index (χ3n) is 4.94. The van der Waals surface area contributed by atoms with Gasteiger partial charge in [-0.2, -0.15) is 0 Å². The van der Waals surface area contributed by atoms with E-state index in [9.17, 15) is 9.90 Å². The summed E-state index contributed by atoms with van der Waals surface area (Å²) in [5.74, 6) is 0. The van der Waals surface area contributed by atoms with Gasteiger partial charge in [0.1, 0.15) is 5.60 Å². The highest BCUT2D eigenvalue weighted by molar-refractivity contribution is 5.69. The minimum absolute atomic E-state index is 0.147. The predicted molar refractivity (Wildman–Crippen MR) is 87.8 cm³/mol. The molecule has 2 fully saturated rings. The molecule has 0 aromatic carbocycles. The topological polar surface area (TPSA) is 49.8 Å². The molecule has 0 radical (unpaired) electrons. The second kappa shape index (κ2) is 6.77. The lowest BCUT2D eigenvalue weighted by atomic mass is 9.73. The summed E-state index contributed by atoms with van der Waals surface area (Å²) in [7, 11) is 0. The van der Waals surface area contributed by atoms with Crippen LogP contribution >= 0.6 is 0 Å². The molecule has 1 N–H and O–H groups in total. The molecule has 4 nitrogen and oxygen atoms in total. The van der Waals surface area contributed by atoms with E-state index in [0.717, 1.165) is 32.1 Å². The van der Waals surface area contributed by atoms with Crippen LogP contribution in [-0.2, 0) is 4.74 Å². The summed E-state index contributed by atoms with van der Waals surface area (Å²) >= 11 is 0. The minimum atomic E-state index is -0.580. The molecule has 2 heterocycles. The van der Waals surface area contributed by atoms with E-state index in [4.69, 9.17) is 4.74 Å². The zero-order chi connectivity index (χ0) is 16.4. The van der Waals surface area contributed by atoms with Crippen LogP contribution in [0.5, 0.6) is 0 Å². The lowest BCUT2D eigenvalue weighted by molar-refractivity contribution is -0.0965. The number of nitrogens with zero attached hydrogens (tertiary/aromatic N) is 1. The normalized spacial score (nSPS) is 32.0. The third kappa shape index (κ3) is 4.37. The van der Waals surface area contributed by atoms with E-state index in [1.54, 1.807) is 0 Å². The van der Waals surface area contributed by atoms with Crippen molar-refractivity contribution in [1.82, 2.24) is 4.90 Å². The van der Waals surface area contributed by atoms with Gasteiger partial charge in [0, 0.05) is 12.1 Å². The van der Waals surface area contributed by atoms with Gasteiger partial charge >= 0.3 is 6.09 Å². The second-order valence-corrected chi connectivity index (χ2v) is 8.22. The second-order valence-electron chi connectivity index (χ2n) is 8.22. The summed E-state index contributed by atoms with van der Waals surface area (Å²) in [6.45, 7) is 7.91. The molecular formula is C18H33NO3. The van der Waals surface area contributed by atoms with Crippen LogP contribution in [0.15, 0.2) is 0 Å². The highest BCUT2D eigenvalue weighted by Gasteiger charge is 2.47. The highest BCUT2D eigenvalue weighted by atomic mass is 16.6. The van der Waals surface area contributed by atoms with E-state index in [-0.39, 0.29) is 18.2 Å². The molecule has 2 aliphatic rings. The van der Waals surface area contributed by atoms with E-state index in [2.05, 4.69) is 6.92 Å². The summed E-state index contributed by atoms with van der Waals surface area (Å²) in [4.78, 5) is 14.5. The van der Waals surface area contributed by atoms with Crippen LogP contribution in [0.4, 0.5) is 4.79 Å². The first-order valence-electron chi connectivity index (χ1n) is 8.98. The predicted octanol–water partition coefficient (Wildman–Crippen LogP) is 4.25. The number of piperidine rings is 2. The van der Waals surface area contributed by atoms with Gasteiger partial charge in [-0.1, -0.05) is 26.2 Å². The fourth-order valence-corrected chi connectivity index (χ4v) is 4.05. The van der Waals surface area contributed by atoms with E-state index in [0.29, 0.717) is 12.8 Å². The number of hydrogen-bond donors (Lipinski definition) is 1. The fourth-order valence-electron chi connectivity index (χ4n) is 4.05. The lowest BCUT2D eigenvalue weighted by Gasteiger charge is -2.51. The average molecular weight is 311 g/mol. The molecule has 2 bridgehead atoms. The van der Waals surface area contributed by atoms with Gasteiger partial charge in [-0.25, -0.2) is 4.79 Å². The van der Waals surface area contributed by atoms with E-state index < -0.39 is 11.2 Å². The van der Waals surface area contributed by atoms with Crippen molar-refractivity contribution in [1.29, 1.82) is 0 Å². The van der Waals surface area contributed by atoms with Gasteiger partial charge in [-0.3, -0.25) is 0 Å². The van der Waals surface area contributed by atoms with Crippen molar-refractivity contribution in [2.24, 2.45) is 0 Å². The molecule has 0 saturated carbocycles. The number of amides is 1. The molecule has 128 valence electrons. The summed E-state index contributed by atoms with van der Waals surface area (Å²) in [5, 5.41) is 11.0. The van der Waals surface area contributed by atoms with Crippen molar-refractivity contribution in [3.8, 4) is 0 Å². The molecule has 0 aromatic heterocycles. The van der Waals surface area contributed by atoms with Crippen molar-refractivity contribution < 1.29 is 14.6 Å². The van der Waals surface area contributed by atoms with E-state index >= 15 is 0 Å². The fraction of sp³-hybridized carbons (Fsp3) is 0.944.